The van der Waals surface area contributed by atoms with Gasteiger partial charge in [-0.2, -0.15) is 0 Å². The lowest BCUT2D eigenvalue weighted by Crippen LogP contribution is -2.42. The quantitative estimate of drug-likeness (QED) is 0.836. The number of aliphatic hydroxyl groups excluding tert-OH is 1. The molecule has 0 aromatic heterocycles. The molecule has 0 saturated heterocycles. The molecule has 2 atom stereocenters. The number of carbonyl (C=O) groups is 1. The highest BCUT2D eigenvalue weighted by Gasteiger charge is 2.17. The Labute approximate surface area is 104 Å². The van der Waals surface area contributed by atoms with E-state index in [9.17, 15) is 13.6 Å². The summed E-state index contributed by atoms with van der Waals surface area (Å²) in [6.07, 6.45) is -0.871. The monoisotopic (exact) mass is 259 g/mol. The van der Waals surface area contributed by atoms with Crippen LogP contribution >= 0.6 is 0 Å². The summed E-state index contributed by atoms with van der Waals surface area (Å²) in [5, 5.41) is 11.3. The van der Waals surface area contributed by atoms with Crippen molar-refractivity contribution in [2.45, 2.75) is 26.0 Å². The van der Waals surface area contributed by atoms with Crippen LogP contribution in [0.3, 0.4) is 0 Å². The van der Waals surface area contributed by atoms with Crippen molar-refractivity contribution in [2.24, 2.45) is 0 Å². The first-order chi connectivity index (χ1) is 8.43. The van der Waals surface area contributed by atoms with Gasteiger partial charge in [0.15, 0.2) is 17.7 Å². The van der Waals surface area contributed by atoms with Crippen LogP contribution in [0.25, 0.3) is 0 Å². The first-order valence-electron chi connectivity index (χ1n) is 5.47. The zero-order chi connectivity index (χ0) is 13.7. The molecule has 0 heterocycles. The van der Waals surface area contributed by atoms with Crippen LogP contribution in [-0.2, 0) is 4.79 Å². The number of hydrogen-bond donors (Lipinski definition) is 2. The van der Waals surface area contributed by atoms with E-state index in [0.717, 1.165) is 12.1 Å². The van der Waals surface area contributed by atoms with E-state index in [0.29, 0.717) is 0 Å². The number of hydrogen-bond acceptors (Lipinski definition) is 3. The van der Waals surface area contributed by atoms with Gasteiger partial charge in [0.2, 0.25) is 0 Å². The number of aliphatic hydroxyl groups is 1. The van der Waals surface area contributed by atoms with Crippen molar-refractivity contribution < 1.29 is 23.4 Å². The van der Waals surface area contributed by atoms with E-state index in [-0.39, 0.29) is 12.4 Å². The normalized spacial score (nSPS) is 13.8. The molecule has 0 saturated carbocycles. The van der Waals surface area contributed by atoms with Crippen LogP contribution in [-0.4, -0.2) is 29.8 Å². The predicted molar refractivity (Wildman–Crippen MR) is 61.1 cm³/mol. The van der Waals surface area contributed by atoms with Crippen molar-refractivity contribution in [3.05, 3.63) is 29.8 Å². The highest BCUT2D eigenvalue weighted by molar-refractivity contribution is 5.80. The van der Waals surface area contributed by atoms with E-state index in [2.05, 4.69) is 5.32 Å². The second-order valence-electron chi connectivity index (χ2n) is 3.93. The summed E-state index contributed by atoms with van der Waals surface area (Å²) in [6.45, 7) is 2.91. The second kappa shape index (κ2) is 6.30. The van der Waals surface area contributed by atoms with Crippen molar-refractivity contribution in [3.8, 4) is 5.75 Å². The minimum atomic E-state index is -1.04. The van der Waals surface area contributed by atoms with Crippen LogP contribution < -0.4 is 10.1 Å². The van der Waals surface area contributed by atoms with E-state index >= 15 is 0 Å². The number of ether oxygens (including phenoxy) is 1. The van der Waals surface area contributed by atoms with Crippen LogP contribution in [0.15, 0.2) is 18.2 Å². The average molecular weight is 259 g/mol. The van der Waals surface area contributed by atoms with E-state index in [1.54, 1.807) is 6.92 Å². The highest BCUT2D eigenvalue weighted by Crippen LogP contribution is 2.16. The topological polar surface area (TPSA) is 58.6 Å². The van der Waals surface area contributed by atoms with Gasteiger partial charge in [-0.3, -0.25) is 4.79 Å². The summed E-state index contributed by atoms with van der Waals surface area (Å²) in [7, 11) is 0. The Morgan fingerprint density at radius 3 is 2.61 bits per heavy atom. The van der Waals surface area contributed by atoms with Crippen molar-refractivity contribution in [3.63, 3.8) is 0 Å². The Balaban J connectivity index is 2.60. The largest absolute Gasteiger partial charge is 0.481 e. The fraction of sp³-hybridized carbons (Fsp3) is 0.417. The summed E-state index contributed by atoms with van der Waals surface area (Å²) in [4.78, 5) is 11.6. The van der Waals surface area contributed by atoms with E-state index in [4.69, 9.17) is 9.84 Å². The number of amides is 1. The molecule has 0 bridgehead atoms. The second-order valence-corrected chi connectivity index (χ2v) is 3.93. The lowest BCUT2D eigenvalue weighted by atomic mass is 10.3. The molecule has 1 amide bonds. The molecule has 0 aliphatic carbocycles. The molecule has 0 spiro atoms. The molecular weight excluding hydrogens is 244 g/mol. The van der Waals surface area contributed by atoms with Gasteiger partial charge in [0.25, 0.3) is 5.91 Å². The molecule has 1 rings (SSSR count). The van der Waals surface area contributed by atoms with E-state index < -0.39 is 29.7 Å². The van der Waals surface area contributed by atoms with Crippen molar-refractivity contribution in [1.82, 2.24) is 5.32 Å². The molecular formula is C12H15F2NO3. The minimum absolute atomic E-state index is 0.0631. The van der Waals surface area contributed by atoms with Crippen LogP contribution in [0.4, 0.5) is 8.78 Å². The summed E-state index contributed by atoms with van der Waals surface area (Å²) >= 11 is 0. The maximum atomic E-state index is 12.9. The standard InChI is InChI=1S/C12H15F2NO3/c1-7(6-16)15-12(17)8(2)18-9-3-4-10(13)11(14)5-9/h3-5,7-8,16H,6H2,1-2H3,(H,15,17). The number of halogens is 2. The maximum Gasteiger partial charge on any atom is 0.261 e. The van der Waals surface area contributed by atoms with Gasteiger partial charge in [-0.15, -0.1) is 0 Å². The van der Waals surface area contributed by atoms with Crippen LogP contribution in [0.2, 0.25) is 0 Å². The molecule has 6 heteroatoms. The van der Waals surface area contributed by atoms with Gasteiger partial charge in [-0.25, -0.2) is 8.78 Å². The zero-order valence-electron chi connectivity index (χ0n) is 10.1. The number of rotatable bonds is 5. The van der Waals surface area contributed by atoms with Gasteiger partial charge in [-0.05, 0) is 26.0 Å². The summed E-state index contributed by atoms with van der Waals surface area (Å²) < 4.78 is 30.7. The Hall–Kier alpha value is -1.69. The number of carbonyl (C=O) groups excluding carboxylic acids is 1. The van der Waals surface area contributed by atoms with Crippen LogP contribution in [0, 0.1) is 11.6 Å². The molecule has 0 fully saturated rings. The third-order valence-electron chi connectivity index (χ3n) is 2.24. The Kier molecular flexibility index (Phi) is 5.03. The molecule has 4 nitrogen and oxygen atoms in total. The maximum absolute atomic E-state index is 12.9. The van der Waals surface area contributed by atoms with Crippen LogP contribution in [0.5, 0.6) is 5.75 Å². The fourth-order valence-corrected chi connectivity index (χ4v) is 1.21. The molecule has 0 radical (unpaired) electrons. The minimum Gasteiger partial charge on any atom is -0.481 e. The van der Waals surface area contributed by atoms with Gasteiger partial charge < -0.3 is 15.2 Å². The third-order valence-corrected chi connectivity index (χ3v) is 2.24. The van der Waals surface area contributed by atoms with Gasteiger partial charge in [0.1, 0.15) is 5.75 Å². The molecule has 18 heavy (non-hydrogen) atoms. The number of benzene rings is 1. The first kappa shape index (κ1) is 14.4. The van der Waals surface area contributed by atoms with Gasteiger partial charge in [-0.1, -0.05) is 0 Å². The lowest BCUT2D eigenvalue weighted by molar-refractivity contribution is -0.128. The fourth-order valence-electron chi connectivity index (χ4n) is 1.21. The summed E-state index contributed by atoms with van der Waals surface area (Å²) in [6, 6.07) is 2.63. The van der Waals surface area contributed by atoms with Crippen molar-refractivity contribution in [2.75, 3.05) is 6.61 Å². The predicted octanol–water partition coefficient (Wildman–Crippen LogP) is 1.23. The molecule has 100 valence electrons. The highest BCUT2D eigenvalue weighted by atomic mass is 19.2. The molecule has 1 aromatic rings. The smallest absolute Gasteiger partial charge is 0.261 e. The Bertz CT molecular complexity index is 426. The molecule has 2 N–H and O–H groups in total. The van der Waals surface area contributed by atoms with Gasteiger partial charge in [0.05, 0.1) is 6.61 Å². The van der Waals surface area contributed by atoms with Crippen molar-refractivity contribution in [1.29, 1.82) is 0 Å². The van der Waals surface area contributed by atoms with Gasteiger partial charge in [0, 0.05) is 12.1 Å². The van der Waals surface area contributed by atoms with Crippen molar-refractivity contribution >= 4 is 5.91 Å². The molecule has 0 aliphatic rings. The SMILES string of the molecule is CC(CO)NC(=O)C(C)Oc1ccc(F)c(F)c1. The van der Waals surface area contributed by atoms with E-state index in [1.807, 2.05) is 0 Å². The third kappa shape index (κ3) is 3.96. The molecule has 2 unspecified atom stereocenters. The molecule has 1 aromatic carbocycles. The molecule has 0 aliphatic heterocycles. The van der Waals surface area contributed by atoms with Gasteiger partial charge >= 0.3 is 0 Å². The van der Waals surface area contributed by atoms with Crippen LogP contribution in [0.1, 0.15) is 13.8 Å². The first-order valence-corrected chi connectivity index (χ1v) is 5.47. The zero-order valence-corrected chi connectivity index (χ0v) is 10.1. The van der Waals surface area contributed by atoms with E-state index in [1.165, 1.54) is 13.0 Å². The summed E-state index contributed by atoms with van der Waals surface area (Å²) in [5.41, 5.74) is 0. The number of nitrogens with one attached hydrogen (secondary N) is 1. The lowest BCUT2D eigenvalue weighted by Gasteiger charge is -2.17. The summed E-state index contributed by atoms with van der Waals surface area (Å²) in [5.74, 6) is -2.40. The Morgan fingerprint density at radius 2 is 2.06 bits per heavy atom. The Morgan fingerprint density at radius 1 is 1.39 bits per heavy atom. The average Bonchev–Trinajstić information content (AvgIpc) is 2.33.